The Labute approximate surface area is 116 Å². The first-order valence-electron chi connectivity index (χ1n) is 7.28. The fraction of sp³-hybridized carbons (Fsp3) is 0.625. The van der Waals surface area contributed by atoms with Crippen molar-refractivity contribution in [2.75, 3.05) is 24.6 Å². The second-order valence-corrected chi connectivity index (χ2v) is 5.89. The Hall–Kier alpha value is -1.22. The van der Waals surface area contributed by atoms with Gasteiger partial charge < -0.3 is 15.0 Å². The first-order valence-corrected chi connectivity index (χ1v) is 7.28. The van der Waals surface area contributed by atoms with Gasteiger partial charge in [0.25, 0.3) is 0 Å². The van der Waals surface area contributed by atoms with Crippen LogP contribution in [-0.2, 0) is 0 Å². The van der Waals surface area contributed by atoms with Crippen LogP contribution in [0.15, 0.2) is 24.3 Å². The van der Waals surface area contributed by atoms with Gasteiger partial charge in [0.2, 0.25) is 0 Å². The summed E-state index contributed by atoms with van der Waals surface area (Å²) < 4.78 is 5.81. The van der Waals surface area contributed by atoms with Crippen molar-refractivity contribution in [1.29, 1.82) is 0 Å². The molecular formula is C16H26N2O. The second-order valence-electron chi connectivity index (χ2n) is 5.89. The van der Waals surface area contributed by atoms with E-state index in [-0.39, 0.29) is 5.54 Å². The normalized spacial score (nSPS) is 22.9. The summed E-state index contributed by atoms with van der Waals surface area (Å²) in [6.45, 7) is 11.8. The lowest BCUT2D eigenvalue weighted by Crippen LogP contribution is -2.49. The highest BCUT2D eigenvalue weighted by atomic mass is 16.5. The first kappa shape index (κ1) is 14.2. The van der Waals surface area contributed by atoms with E-state index in [1.807, 2.05) is 13.0 Å². The highest BCUT2D eigenvalue weighted by molar-refractivity contribution is 5.61. The van der Waals surface area contributed by atoms with Crippen LogP contribution < -0.4 is 15.0 Å². The molecule has 0 aromatic heterocycles. The van der Waals surface area contributed by atoms with E-state index >= 15 is 0 Å². The zero-order valence-electron chi connectivity index (χ0n) is 12.6. The number of hydrogen-bond donors (Lipinski definition) is 1. The van der Waals surface area contributed by atoms with Crippen molar-refractivity contribution >= 4 is 5.69 Å². The van der Waals surface area contributed by atoms with Crippen molar-refractivity contribution in [1.82, 2.24) is 5.32 Å². The van der Waals surface area contributed by atoms with Crippen LogP contribution in [0.1, 0.15) is 34.1 Å². The molecule has 0 radical (unpaired) electrons. The maximum absolute atomic E-state index is 5.81. The maximum atomic E-state index is 5.81. The number of hydrogen-bond acceptors (Lipinski definition) is 3. The molecular weight excluding hydrogens is 236 g/mol. The quantitative estimate of drug-likeness (QED) is 0.906. The van der Waals surface area contributed by atoms with Gasteiger partial charge in [0, 0.05) is 18.1 Å². The molecule has 3 heteroatoms. The summed E-state index contributed by atoms with van der Waals surface area (Å²) in [4.78, 5) is 2.51. The third kappa shape index (κ3) is 3.03. The van der Waals surface area contributed by atoms with E-state index in [1.165, 1.54) is 5.69 Å². The van der Waals surface area contributed by atoms with Crippen molar-refractivity contribution in [3.05, 3.63) is 24.3 Å². The fourth-order valence-electron chi connectivity index (χ4n) is 3.01. The molecule has 1 unspecified atom stereocenters. The topological polar surface area (TPSA) is 24.5 Å². The van der Waals surface area contributed by atoms with E-state index in [2.05, 4.69) is 49.2 Å². The summed E-state index contributed by atoms with van der Waals surface area (Å²) in [5.41, 5.74) is 1.35. The zero-order valence-corrected chi connectivity index (χ0v) is 12.6. The molecule has 0 bridgehead atoms. The molecule has 0 saturated carbocycles. The maximum Gasteiger partial charge on any atom is 0.142 e. The number of rotatable bonds is 3. The van der Waals surface area contributed by atoms with E-state index in [0.717, 1.165) is 25.3 Å². The third-order valence-electron chi connectivity index (χ3n) is 3.87. The summed E-state index contributed by atoms with van der Waals surface area (Å²) in [5, 5.41) is 3.52. The lowest BCUT2D eigenvalue weighted by molar-refractivity contribution is 0.334. The van der Waals surface area contributed by atoms with Crippen LogP contribution in [0.2, 0.25) is 0 Å². The van der Waals surface area contributed by atoms with Gasteiger partial charge in [0.05, 0.1) is 12.3 Å². The Bertz CT molecular complexity index is 417. The number of nitrogens with one attached hydrogen (secondary N) is 1. The van der Waals surface area contributed by atoms with Crippen LogP contribution in [0, 0.1) is 0 Å². The molecule has 1 aromatic carbocycles. The van der Waals surface area contributed by atoms with Crippen LogP contribution >= 0.6 is 0 Å². The van der Waals surface area contributed by atoms with Crippen molar-refractivity contribution in [3.63, 3.8) is 0 Å². The van der Waals surface area contributed by atoms with Crippen molar-refractivity contribution < 1.29 is 4.74 Å². The summed E-state index contributed by atoms with van der Waals surface area (Å²) in [6.07, 6.45) is 1.14. The van der Waals surface area contributed by atoms with E-state index in [1.54, 1.807) is 0 Å². The van der Waals surface area contributed by atoms with Crippen LogP contribution in [0.5, 0.6) is 5.75 Å². The summed E-state index contributed by atoms with van der Waals surface area (Å²) >= 11 is 0. The highest BCUT2D eigenvalue weighted by Gasteiger charge is 2.33. The molecule has 1 aliphatic rings. The molecule has 1 aromatic rings. The average Bonchev–Trinajstić information content (AvgIpc) is 2.49. The lowest BCUT2D eigenvalue weighted by Gasteiger charge is -2.43. The summed E-state index contributed by atoms with van der Waals surface area (Å²) in [5.74, 6) is 0.992. The fourth-order valence-corrected chi connectivity index (χ4v) is 3.01. The van der Waals surface area contributed by atoms with Crippen molar-refractivity contribution in [2.24, 2.45) is 0 Å². The Morgan fingerprint density at radius 3 is 2.84 bits per heavy atom. The Morgan fingerprint density at radius 2 is 2.11 bits per heavy atom. The van der Waals surface area contributed by atoms with Gasteiger partial charge in [-0.2, -0.15) is 0 Å². The van der Waals surface area contributed by atoms with E-state index in [4.69, 9.17) is 4.74 Å². The van der Waals surface area contributed by atoms with Gasteiger partial charge in [0.15, 0.2) is 0 Å². The smallest absolute Gasteiger partial charge is 0.142 e. The van der Waals surface area contributed by atoms with Gasteiger partial charge in [0.1, 0.15) is 5.75 Å². The Balaban J connectivity index is 2.41. The minimum absolute atomic E-state index is 0.135. The monoisotopic (exact) mass is 262 g/mol. The molecule has 0 amide bonds. The van der Waals surface area contributed by atoms with Gasteiger partial charge in [-0.25, -0.2) is 0 Å². The van der Waals surface area contributed by atoms with Crippen LogP contribution in [-0.4, -0.2) is 31.3 Å². The van der Waals surface area contributed by atoms with Gasteiger partial charge in [-0.1, -0.05) is 12.1 Å². The molecule has 2 rings (SSSR count). The molecule has 1 fully saturated rings. The van der Waals surface area contributed by atoms with E-state index in [9.17, 15) is 0 Å². The predicted molar refractivity (Wildman–Crippen MR) is 81.1 cm³/mol. The van der Waals surface area contributed by atoms with Gasteiger partial charge in [-0.3, -0.25) is 0 Å². The Morgan fingerprint density at radius 1 is 1.37 bits per heavy atom. The zero-order chi connectivity index (χ0) is 13.9. The number of benzene rings is 1. The number of anilines is 1. The largest absolute Gasteiger partial charge is 0.492 e. The molecule has 1 atom stereocenters. The van der Waals surface area contributed by atoms with Crippen molar-refractivity contribution in [3.8, 4) is 5.75 Å². The first-order chi connectivity index (χ1) is 9.06. The summed E-state index contributed by atoms with van der Waals surface area (Å²) in [7, 11) is 0. The summed E-state index contributed by atoms with van der Waals surface area (Å²) in [6, 6.07) is 8.84. The number of para-hydroxylation sites is 2. The van der Waals surface area contributed by atoms with Gasteiger partial charge in [-0.05, 0) is 52.8 Å². The second kappa shape index (κ2) is 5.83. The Kier molecular flexibility index (Phi) is 4.35. The molecule has 19 heavy (non-hydrogen) atoms. The van der Waals surface area contributed by atoms with Crippen molar-refractivity contribution in [2.45, 2.75) is 45.7 Å². The molecule has 1 N–H and O–H groups in total. The van der Waals surface area contributed by atoms with Gasteiger partial charge >= 0.3 is 0 Å². The average molecular weight is 262 g/mol. The minimum Gasteiger partial charge on any atom is -0.492 e. The molecule has 106 valence electrons. The van der Waals surface area contributed by atoms with E-state index in [0.29, 0.717) is 12.6 Å². The van der Waals surface area contributed by atoms with Crippen LogP contribution in [0.4, 0.5) is 5.69 Å². The highest BCUT2D eigenvalue weighted by Crippen LogP contribution is 2.36. The number of nitrogens with zero attached hydrogens (tertiary/aromatic N) is 1. The molecule has 1 saturated heterocycles. The number of ether oxygens (including phenoxy) is 1. The molecule has 0 aliphatic carbocycles. The van der Waals surface area contributed by atoms with Gasteiger partial charge in [-0.15, -0.1) is 0 Å². The molecule has 3 nitrogen and oxygen atoms in total. The SMILES string of the molecule is CCOc1ccccc1N1C(C)CNCCC1(C)C. The third-order valence-corrected chi connectivity index (χ3v) is 3.87. The van der Waals surface area contributed by atoms with Crippen LogP contribution in [0.25, 0.3) is 0 Å². The van der Waals surface area contributed by atoms with E-state index < -0.39 is 0 Å². The van der Waals surface area contributed by atoms with Crippen LogP contribution in [0.3, 0.4) is 0 Å². The minimum atomic E-state index is 0.135. The molecule has 0 spiro atoms. The predicted octanol–water partition coefficient (Wildman–Crippen LogP) is 3.05. The molecule has 1 heterocycles. The standard InChI is InChI=1S/C16H26N2O/c1-5-19-15-9-7-6-8-14(15)18-13(2)12-17-11-10-16(18,3)4/h6-9,13,17H,5,10-12H2,1-4H3. The lowest BCUT2D eigenvalue weighted by atomic mass is 9.96. The molecule has 1 aliphatic heterocycles.